The first-order valence-corrected chi connectivity index (χ1v) is 5.14. The van der Waals surface area contributed by atoms with Crippen molar-refractivity contribution in [2.24, 2.45) is 16.5 Å². The van der Waals surface area contributed by atoms with E-state index < -0.39 is 10.4 Å². The van der Waals surface area contributed by atoms with Crippen molar-refractivity contribution < 1.29 is 17.5 Å². The second-order valence-electron chi connectivity index (χ2n) is 2.57. The van der Waals surface area contributed by atoms with Crippen molar-refractivity contribution in [1.29, 1.82) is 0 Å². The molecule has 0 spiro atoms. The lowest BCUT2D eigenvalue weighted by molar-refractivity contribution is 0.381. The topological polar surface area (TPSA) is 139 Å². The van der Waals surface area contributed by atoms with E-state index in [1.165, 1.54) is 0 Å². The van der Waals surface area contributed by atoms with Crippen LogP contribution in [0.5, 0.6) is 0 Å². The number of hydrogen-bond donors (Lipinski definition) is 4. The van der Waals surface area contributed by atoms with Gasteiger partial charge >= 0.3 is 10.4 Å². The van der Waals surface area contributed by atoms with Crippen molar-refractivity contribution in [1.82, 2.24) is 0 Å². The molecule has 1 aliphatic rings. The van der Waals surface area contributed by atoms with E-state index >= 15 is 0 Å². The molecule has 0 amide bonds. The third-order valence-electron chi connectivity index (χ3n) is 1.30. The van der Waals surface area contributed by atoms with Gasteiger partial charge in [-0.25, -0.2) is 4.99 Å². The second-order valence-corrected chi connectivity index (χ2v) is 3.47. The standard InChI is InChI=1S/C6H11N3.H2O4S/c7-6(8)9-5-3-1-2-4-5;1-5(2,3)4/h1,3,5H,2,4H2,(H4,7,8,9);(H2,1,2,3,4). The number of allylic oxidation sites excluding steroid dienone is 1. The van der Waals surface area contributed by atoms with Crippen LogP contribution in [0.4, 0.5) is 0 Å². The highest BCUT2D eigenvalue weighted by Gasteiger charge is 2.05. The van der Waals surface area contributed by atoms with Crippen molar-refractivity contribution in [3.05, 3.63) is 12.2 Å². The molecule has 0 heterocycles. The summed E-state index contributed by atoms with van der Waals surface area (Å²) in [6.07, 6.45) is 6.27. The molecule has 1 unspecified atom stereocenters. The van der Waals surface area contributed by atoms with E-state index in [4.69, 9.17) is 29.0 Å². The van der Waals surface area contributed by atoms with Gasteiger partial charge in [0.25, 0.3) is 0 Å². The molecule has 8 heteroatoms. The van der Waals surface area contributed by atoms with E-state index in [2.05, 4.69) is 11.1 Å². The zero-order valence-corrected chi connectivity index (χ0v) is 8.18. The zero-order chi connectivity index (χ0) is 11.2. The fraction of sp³-hybridized carbons (Fsp3) is 0.500. The molecule has 0 aromatic carbocycles. The van der Waals surface area contributed by atoms with Crippen molar-refractivity contribution in [2.75, 3.05) is 0 Å². The van der Waals surface area contributed by atoms with E-state index in [9.17, 15) is 0 Å². The predicted molar refractivity (Wildman–Crippen MR) is 52.1 cm³/mol. The van der Waals surface area contributed by atoms with Gasteiger partial charge in [0, 0.05) is 0 Å². The molecule has 1 rings (SSSR count). The van der Waals surface area contributed by atoms with Crippen LogP contribution in [0, 0.1) is 0 Å². The Hall–Kier alpha value is -1.12. The van der Waals surface area contributed by atoms with Gasteiger partial charge in [0.2, 0.25) is 0 Å². The maximum atomic E-state index is 8.74. The average Bonchev–Trinajstić information content (AvgIpc) is 2.33. The lowest BCUT2D eigenvalue weighted by Gasteiger charge is -1.98. The molecule has 0 saturated carbocycles. The van der Waals surface area contributed by atoms with E-state index in [0.29, 0.717) is 0 Å². The molecule has 82 valence electrons. The Morgan fingerprint density at radius 3 is 2.21 bits per heavy atom. The zero-order valence-electron chi connectivity index (χ0n) is 7.37. The van der Waals surface area contributed by atoms with Crippen LogP contribution in [0.25, 0.3) is 0 Å². The van der Waals surface area contributed by atoms with Crippen LogP contribution in [0.1, 0.15) is 12.8 Å². The number of aliphatic imine (C=N–C) groups is 1. The normalized spacial score (nSPS) is 19.7. The highest BCUT2D eigenvalue weighted by molar-refractivity contribution is 7.79. The Morgan fingerprint density at radius 1 is 1.43 bits per heavy atom. The lowest BCUT2D eigenvalue weighted by atomic mass is 10.3. The number of nitrogens with two attached hydrogens (primary N) is 2. The van der Waals surface area contributed by atoms with Crippen LogP contribution < -0.4 is 11.5 Å². The summed E-state index contributed by atoms with van der Waals surface area (Å²) < 4.78 is 31.6. The van der Waals surface area contributed by atoms with Crippen molar-refractivity contribution in [2.45, 2.75) is 18.9 Å². The lowest BCUT2D eigenvalue weighted by Crippen LogP contribution is -2.24. The van der Waals surface area contributed by atoms with Crippen LogP contribution >= 0.6 is 0 Å². The summed E-state index contributed by atoms with van der Waals surface area (Å²) >= 11 is 0. The molecule has 0 radical (unpaired) electrons. The van der Waals surface area contributed by atoms with E-state index in [1.807, 2.05) is 6.08 Å². The molecular formula is C6H13N3O4S. The number of nitrogens with zero attached hydrogens (tertiary/aromatic N) is 1. The molecule has 0 aromatic heterocycles. The van der Waals surface area contributed by atoms with E-state index in [-0.39, 0.29) is 12.0 Å². The molecule has 1 atom stereocenters. The molecule has 0 aliphatic heterocycles. The second kappa shape index (κ2) is 5.58. The van der Waals surface area contributed by atoms with Gasteiger partial charge in [0.05, 0.1) is 6.04 Å². The third-order valence-corrected chi connectivity index (χ3v) is 1.30. The molecule has 7 nitrogen and oxygen atoms in total. The minimum atomic E-state index is -4.67. The summed E-state index contributed by atoms with van der Waals surface area (Å²) in [4.78, 5) is 3.96. The van der Waals surface area contributed by atoms with Gasteiger partial charge in [-0.1, -0.05) is 12.2 Å². The van der Waals surface area contributed by atoms with Gasteiger partial charge in [-0.2, -0.15) is 8.42 Å². The molecule has 6 N–H and O–H groups in total. The van der Waals surface area contributed by atoms with Gasteiger partial charge in [-0.3, -0.25) is 9.11 Å². The molecule has 1 aliphatic carbocycles. The van der Waals surface area contributed by atoms with Crippen LogP contribution in [-0.2, 0) is 10.4 Å². The van der Waals surface area contributed by atoms with Crippen LogP contribution in [0.2, 0.25) is 0 Å². The number of hydrogen-bond acceptors (Lipinski definition) is 3. The Morgan fingerprint density at radius 2 is 1.93 bits per heavy atom. The maximum absolute atomic E-state index is 8.74. The fourth-order valence-electron chi connectivity index (χ4n) is 0.916. The first-order valence-electron chi connectivity index (χ1n) is 3.74. The van der Waals surface area contributed by atoms with E-state index in [1.54, 1.807) is 0 Å². The molecule has 0 aromatic rings. The summed E-state index contributed by atoms with van der Waals surface area (Å²) in [5.74, 6) is 0.187. The summed E-state index contributed by atoms with van der Waals surface area (Å²) in [5, 5.41) is 0. The summed E-state index contributed by atoms with van der Waals surface area (Å²) in [6, 6.07) is 0.245. The van der Waals surface area contributed by atoms with Gasteiger partial charge < -0.3 is 11.5 Å². The highest BCUT2D eigenvalue weighted by atomic mass is 32.3. The van der Waals surface area contributed by atoms with E-state index in [0.717, 1.165) is 12.8 Å². The van der Waals surface area contributed by atoms with Crippen LogP contribution in [0.15, 0.2) is 17.1 Å². The van der Waals surface area contributed by atoms with Gasteiger partial charge in [0.1, 0.15) is 0 Å². The van der Waals surface area contributed by atoms with Gasteiger partial charge in [-0.05, 0) is 12.8 Å². The first kappa shape index (κ1) is 12.9. The minimum absolute atomic E-state index is 0.187. The number of rotatable bonds is 1. The Labute approximate surface area is 82.1 Å². The predicted octanol–water partition coefficient (Wildman–Crippen LogP) is -0.674. The Bertz CT molecular complexity index is 310. The summed E-state index contributed by atoms with van der Waals surface area (Å²) in [7, 11) is -4.67. The minimum Gasteiger partial charge on any atom is -0.370 e. The molecular weight excluding hydrogens is 210 g/mol. The highest BCUT2D eigenvalue weighted by Crippen LogP contribution is 2.11. The average molecular weight is 223 g/mol. The largest absolute Gasteiger partial charge is 0.394 e. The smallest absolute Gasteiger partial charge is 0.370 e. The number of guanidine groups is 1. The summed E-state index contributed by atoms with van der Waals surface area (Å²) in [5.41, 5.74) is 10.3. The quantitative estimate of drug-likeness (QED) is 0.201. The molecule has 0 bridgehead atoms. The Kier molecular flexibility index (Phi) is 5.13. The fourth-order valence-corrected chi connectivity index (χ4v) is 0.916. The molecule has 0 saturated heterocycles. The van der Waals surface area contributed by atoms with Crippen molar-refractivity contribution >= 4 is 16.4 Å². The maximum Gasteiger partial charge on any atom is 0.394 e. The van der Waals surface area contributed by atoms with Crippen LogP contribution in [0.3, 0.4) is 0 Å². The monoisotopic (exact) mass is 223 g/mol. The first-order chi connectivity index (χ1) is 6.29. The summed E-state index contributed by atoms with van der Waals surface area (Å²) in [6.45, 7) is 0. The van der Waals surface area contributed by atoms with Crippen molar-refractivity contribution in [3.63, 3.8) is 0 Å². The molecule has 14 heavy (non-hydrogen) atoms. The molecule has 0 fully saturated rings. The van der Waals surface area contributed by atoms with Gasteiger partial charge in [-0.15, -0.1) is 0 Å². The van der Waals surface area contributed by atoms with Crippen LogP contribution in [-0.4, -0.2) is 29.5 Å². The Balaban J connectivity index is 0.000000292. The van der Waals surface area contributed by atoms with Gasteiger partial charge in [0.15, 0.2) is 5.96 Å². The third kappa shape index (κ3) is 10.9. The SMILES string of the molecule is NC(N)=NC1C=CCC1.O=S(=O)(O)O. The van der Waals surface area contributed by atoms with Crippen molar-refractivity contribution in [3.8, 4) is 0 Å².